The summed E-state index contributed by atoms with van der Waals surface area (Å²) >= 11 is 1.58. The molecule has 1 saturated heterocycles. The summed E-state index contributed by atoms with van der Waals surface area (Å²) in [7, 11) is 0. The molecule has 0 unspecified atom stereocenters. The van der Waals surface area contributed by atoms with E-state index in [0.29, 0.717) is 17.6 Å². The van der Waals surface area contributed by atoms with Gasteiger partial charge in [-0.3, -0.25) is 9.59 Å². The van der Waals surface area contributed by atoms with Crippen LogP contribution < -0.4 is 10.9 Å². The van der Waals surface area contributed by atoms with Gasteiger partial charge in [0.1, 0.15) is 0 Å². The molecular weight excluding hydrogens is 384 g/mol. The minimum atomic E-state index is -0.181. The number of benzene rings is 1. The van der Waals surface area contributed by atoms with Crippen molar-refractivity contribution >= 4 is 34.1 Å². The molecule has 4 rings (SSSR count). The van der Waals surface area contributed by atoms with E-state index in [0.717, 1.165) is 29.9 Å². The molecule has 29 heavy (non-hydrogen) atoms. The average molecular weight is 409 g/mol. The topological polar surface area (TPSA) is 67.2 Å². The highest BCUT2D eigenvalue weighted by Crippen LogP contribution is 2.14. The summed E-state index contributed by atoms with van der Waals surface area (Å²) in [5.74, 6) is -0.181. The number of likely N-dealkylation sites (tertiary alicyclic amines) is 1. The first-order chi connectivity index (χ1) is 14.2. The predicted molar refractivity (Wildman–Crippen MR) is 117 cm³/mol. The third-order valence-corrected chi connectivity index (χ3v) is 5.98. The van der Waals surface area contributed by atoms with Gasteiger partial charge in [0.05, 0.1) is 24.2 Å². The van der Waals surface area contributed by atoms with E-state index in [1.54, 1.807) is 22.1 Å². The van der Waals surface area contributed by atoms with E-state index >= 15 is 0 Å². The van der Waals surface area contributed by atoms with Gasteiger partial charge in [-0.25, -0.2) is 4.68 Å². The zero-order chi connectivity index (χ0) is 20.1. The first-order valence-electron chi connectivity index (χ1n) is 9.91. The second-order valence-corrected chi connectivity index (χ2v) is 8.12. The summed E-state index contributed by atoms with van der Waals surface area (Å²) in [4.78, 5) is 28.4. The summed E-state index contributed by atoms with van der Waals surface area (Å²) in [6.07, 6.45) is 5.76. The first kappa shape index (κ1) is 19.5. The van der Waals surface area contributed by atoms with Crippen LogP contribution in [0.3, 0.4) is 0 Å². The molecule has 1 aliphatic rings. The predicted octanol–water partition coefficient (Wildman–Crippen LogP) is 2.88. The van der Waals surface area contributed by atoms with Gasteiger partial charge in [0.25, 0.3) is 5.56 Å². The van der Waals surface area contributed by atoms with Crippen LogP contribution in [-0.4, -0.2) is 40.2 Å². The van der Waals surface area contributed by atoms with E-state index in [9.17, 15) is 9.59 Å². The molecular formula is C22H24N4O2S. The van der Waals surface area contributed by atoms with Crippen LogP contribution in [0.1, 0.15) is 23.4 Å². The van der Waals surface area contributed by atoms with Gasteiger partial charge in [0.2, 0.25) is 5.91 Å². The van der Waals surface area contributed by atoms with E-state index in [-0.39, 0.29) is 18.0 Å². The molecule has 1 aromatic carbocycles. The molecule has 0 spiro atoms. The number of hydrogen-bond acceptors (Lipinski definition) is 5. The Balaban J connectivity index is 1.51. The van der Waals surface area contributed by atoms with E-state index in [1.165, 1.54) is 18.9 Å². The number of nitrogens with zero attached hydrogens (tertiary/aromatic N) is 3. The van der Waals surface area contributed by atoms with E-state index in [1.807, 2.05) is 41.8 Å². The third kappa shape index (κ3) is 4.81. The Morgan fingerprint density at radius 1 is 1.10 bits per heavy atom. The average Bonchev–Trinajstić information content (AvgIpc) is 3.45. The second kappa shape index (κ2) is 9.15. The van der Waals surface area contributed by atoms with Crippen LogP contribution in [0.15, 0.2) is 52.6 Å². The molecule has 1 fully saturated rings. The lowest BCUT2D eigenvalue weighted by atomic mass is 10.1. The maximum absolute atomic E-state index is 12.8. The number of fused-ring (bicyclic) bond motifs is 1. The number of carbonyl (C=O) groups is 1. The van der Waals surface area contributed by atoms with Crippen LogP contribution in [-0.2, 0) is 17.9 Å². The summed E-state index contributed by atoms with van der Waals surface area (Å²) in [6, 6.07) is 11.4. The van der Waals surface area contributed by atoms with E-state index in [4.69, 9.17) is 0 Å². The summed E-state index contributed by atoms with van der Waals surface area (Å²) in [5.41, 5.74) is 0.631. The summed E-state index contributed by atoms with van der Waals surface area (Å²) in [6.45, 7) is 3.82. The van der Waals surface area contributed by atoms with Crippen molar-refractivity contribution in [2.45, 2.75) is 25.9 Å². The van der Waals surface area contributed by atoms with Gasteiger partial charge >= 0.3 is 0 Å². The number of carbonyl (C=O) groups excluding carboxylic acids is 1. The molecule has 150 valence electrons. The van der Waals surface area contributed by atoms with Gasteiger partial charge in [-0.2, -0.15) is 5.10 Å². The maximum atomic E-state index is 12.8. The van der Waals surface area contributed by atoms with Gasteiger partial charge in [-0.1, -0.05) is 24.3 Å². The van der Waals surface area contributed by atoms with Crippen molar-refractivity contribution < 1.29 is 4.79 Å². The van der Waals surface area contributed by atoms with Crippen molar-refractivity contribution in [2.75, 3.05) is 19.6 Å². The molecule has 3 heterocycles. The fourth-order valence-electron chi connectivity index (χ4n) is 3.60. The summed E-state index contributed by atoms with van der Waals surface area (Å²) in [5, 5.41) is 10.9. The number of aromatic nitrogens is 2. The molecule has 0 saturated carbocycles. The lowest BCUT2D eigenvalue weighted by molar-refractivity contribution is -0.116. The van der Waals surface area contributed by atoms with Crippen molar-refractivity contribution in [1.29, 1.82) is 0 Å². The highest BCUT2D eigenvalue weighted by atomic mass is 32.1. The normalized spacial score (nSPS) is 14.8. The van der Waals surface area contributed by atoms with Crippen molar-refractivity contribution in [3.63, 3.8) is 0 Å². The van der Waals surface area contributed by atoms with Gasteiger partial charge in [-0.15, -0.1) is 11.3 Å². The Morgan fingerprint density at radius 2 is 1.90 bits per heavy atom. The first-order valence-corrected chi connectivity index (χ1v) is 10.8. The number of rotatable bonds is 7. The molecule has 7 heteroatoms. The number of amides is 1. The van der Waals surface area contributed by atoms with Crippen molar-refractivity contribution in [3.8, 4) is 0 Å². The standard InChI is InChI=1S/C22H24N4O2S/c27-21(10-9-17-6-5-15-29-17)23-16-20-18-7-1-2-8-19(18)22(28)26(24-20)14-13-25-11-3-4-12-25/h1-2,5-10,15H,3-4,11-14,16H2,(H,23,27). The number of hydrogen-bond donors (Lipinski definition) is 1. The van der Waals surface area contributed by atoms with Crippen LogP contribution in [0, 0.1) is 0 Å². The highest BCUT2D eigenvalue weighted by Gasteiger charge is 2.14. The molecule has 2 aromatic heterocycles. The van der Waals surface area contributed by atoms with Crippen LogP contribution in [0.5, 0.6) is 0 Å². The highest BCUT2D eigenvalue weighted by molar-refractivity contribution is 7.10. The lowest BCUT2D eigenvalue weighted by Gasteiger charge is -2.16. The lowest BCUT2D eigenvalue weighted by Crippen LogP contribution is -2.32. The molecule has 0 radical (unpaired) electrons. The Kier molecular flexibility index (Phi) is 6.17. The molecule has 1 aliphatic heterocycles. The smallest absolute Gasteiger partial charge is 0.274 e. The SMILES string of the molecule is O=C(C=Cc1cccs1)NCc1nn(CCN2CCCC2)c(=O)c2ccccc12. The van der Waals surface area contributed by atoms with Gasteiger partial charge in [0, 0.05) is 22.9 Å². The Hall–Kier alpha value is -2.77. The Bertz CT molecular complexity index is 1070. The van der Waals surface area contributed by atoms with E-state index < -0.39 is 0 Å². The third-order valence-electron chi connectivity index (χ3n) is 5.14. The fraction of sp³-hybridized carbons (Fsp3) is 0.318. The van der Waals surface area contributed by atoms with Crippen molar-refractivity contribution in [1.82, 2.24) is 20.0 Å². The minimum absolute atomic E-state index is 0.0764. The van der Waals surface area contributed by atoms with Gasteiger partial charge in [0.15, 0.2) is 0 Å². The maximum Gasteiger partial charge on any atom is 0.274 e. The molecule has 1 amide bonds. The van der Waals surface area contributed by atoms with Crippen LogP contribution in [0.2, 0.25) is 0 Å². The van der Waals surface area contributed by atoms with Gasteiger partial charge < -0.3 is 10.2 Å². The van der Waals surface area contributed by atoms with Crippen LogP contribution in [0.4, 0.5) is 0 Å². The fourth-order valence-corrected chi connectivity index (χ4v) is 4.22. The zero-order valence-corrected chi connectivity index (χ0v) is 17.0. The molecule has 6 nitrogen and oxygen atoms in total. The molecule has 0 atom stereocenters. The zero-order valence-electron chi connectivity index (χ0n) is 16.2. The second-order valence-electron chi connectivity index (χ2n) is 7.14. The molecule has 0 aliphatic carbocycles. The quantitative estimate of drug-likeness (QED) is 0.611. The molecule has 1 N–H and O–H groups in total. The van der Waals surface area contributed by atoms with Crippen molar-refractivity contribution in [2.24, 2.45) is 0 Å². The largest absolute Gasteiger partial charge is 0.347 e. The summed E-state index contributed by atoms with van der Waals surface area (Å²) < 4.78 is 1.55. The van der Waals surface area contributed by atoms with Crippen molar-refractivity contribution in [3.05, 3.63) is 68.8 Å². The van der Waals surface area contributed by atoms with Gasteiger partial charge in [-0.05, 0) is 49.5 Å². The van der Waals surface area contributed by atoms with Crippen LogP contribution in [0.25, 0.3) is 16.8 Å². The Labute approximate surface area is 173 Å². The monoisotopic (exact) mass is 408 g/mol. The minimum Gasteiger partial charge on any atom is -0.347 e. The number of thiophene rings is 1. The molecule has 0 bridgehead atoms. The van der Waals surface area contributed by atoms with Crippen LogP contribution >= 0.6 is 11.3 Å². The Morgan fingerprint density at radius 3 is 2.66 bits per heavy atom. The molecule has 3 aromatic rings. The number of nitrogens with one attached hydrogen (secondary N) is 1. The van der Waals surface area contributed by atoms with E-state index in [2.05, 4.69) is 15.3 Å².